The van der Waals surface area contributed by atoms with Gasteiger partial charge in [0.25, 0.3) is 5.91 Å². The highest BCUT2D eigenvalue weighted by molar-refractivity contribution is 7.83. The van der Waals surface area contributed by atoms with Gasteiger partial charge in [-0.3, -0.25) is 14.0 Å². The molecule has 0 saturated heterocycles. The predicted molar refractivity (Wildman–Crippen MR) is 86.1 cm³/mol. The van der Waals surface area contributed by atoms with Crippen LogP contribution >= 0.6 is 11.6 Å². The van der Waals surface area contributed by atoms with Gasteiger partial charge in [-0.2, -0.15) is 0 Å². The average Bonchev–Trinajstić information content (AvgIpc) is 2.42. The lowest BCUT2D eigenvalue weighted by molar-refractivity contribution is 0.102. The summed E-state index contributed by atoms with van der Waals surface area (Å²) in [6, 6.07) is 8.64. The molecule has 6 heteroatoms. The first kappa shape index (κ1) is 15.7. The van der Waals surface area contributed by atoms with Crippen molar-refractivity contribution in [3.05, 3.63) is 58.4 Å². The molecule has 1 amide bonds. The minimum Gasteiger partial charge on any atom is -0.322 e. The smallest absolute Gasteiger partial charge is 0.257 e. The molecule has 0 aliphatic rings. The number of hydrogen-bond acceptors (Lipinski definition) is 3. The molecule has 1 aromatic carbocycles. The zero-order valence-corrected chi connectivity index (χ0v) is 13.3. The van der Waals surface area contributed by atoms with Gasteiger partial charge in [0.2, 0.25) is 0 Å². The van der Waals surface area contributed by atoms with Crippen LogP contribution in [0.1, 0.15) is 21.6 Å². The number of nitrogens with one attached hydrogen (secondary N) is 1. The molecular formula is C15H15ClN2O2S. The van der Waals surface area contributed by atoms with Crippen molar-refractivity contribution in [1.29, 1.82) is 0 Å². The van der Waals surface area contributed by atoms with Gasteiger partial charge in [0, 0.05) is 45.4 Å². The van der Waals surface area contributed by atoms with E-state index < -0.39 is 10.8 Å². The van der Waals surface area contributed by atoms with Crippen LogP contribution in [0, 0.1) is 6.92 Å². The number of amides is 1. The molecule has 0 aliphatic heterocycles. The second-order valence-corrected chi connectivity index (χ2v) is 6.51. The Labute approximate surface area is 131 Å². The molecule has 0 spiro atoms. The van der Waals surface area contributed by atoms with E-state index in [0.717, 1.165) is 11.3 Å². The lowest BCUT2D eigenvalue weighted by Gasteiger charge is -2.08. The maximum absolute atomic E-state index is 12.1. The second kappa shape index (κ2) is 6.83. The quantitative estimate of drug-likeness (QED) is 0.940. The number of aryl methyl sites for hydroxylation is 1. The van der Waals surface area contributed by atoms with Crippen LogP contribution in [0.25, 0.3) is 0 Å². The SMILES string of the molecule is Cc1ccc(C(=O)Nc2ccc(Cl)c(C[S@@](C)=O)c2)cn1. The largest absolute Gasteiger partial charge is 0.322 e. The standard InChI is InChI=1S/C15H15ClN2O2S/c1-10-3-4-11(8-17-10)15(19)18-13-5-6-14(16)12(7-13)9-21(2)20/h3-8H,9H2,1-2H3,(H,18,19)/t21-/m1/s1. The molecule has 1 N–H and O–H groups in total. The van der Waals surface area contributed by atoms with E-state index >= 15 is 0 Å². The van der Waals surface area contributed by atoms with Crippen molar-refractivity contribution < 1.29 is 9.00 Å². The Balaban J connectivity index is 2.17. The van der Waals surface area contributed by atoms with E-state index in [2.05, 4.69) is 10.3 Å². The lowest BCUT2D eigenvalue weighted by atomic mass is 10.2. The van der Waals surface area contributed by atoms with Gasteiger partial charge in [-0.15, -0.1) is 0 Å². The molecule has 1 heterocycles. The van der Waals surface area contributed by atoms with Gasteiger partial charge in [0.15, 0.2) is 0 Å². The van der Waals surface area contributed by atoms with E-state index in [1.165, 1.54) is 6.20 Å². The molecular weight excluding hydrogens is 308 g/mol. The van der Waals surface area contributed by atoms with Crippen molar-refractivity contribution in [3.8, 4) is 0 Å². The van der Waals surface area contributed by atoms with E-state index in [1.54, 1.807) is 36.6 Å². The average molecular weight is 323 g/mol. The van der Waals surface area contributed by atoms with Crippen LogP contribution in [-0.2, 0) is 16.6 Å². The number of aromatic nitrogens is 1. The summed E-state index contributed by atoms with van der Waals surface area (Å²) < 4.78 is 11.3. The maximum atomic E-state index is 12.1. The third-order valence-corrected chi connectivity index (χ3v) is 3.92. The molecule has 110 valence electrons. The lowest BCUT2D eigenvalue weighted by Crippen LogP contribution is -2.12. The highest BCUT2D eigenvalue weighted by Gasteiger charge is 2.09. The summed E-state index contributed by atoms with van der Waals surface area (Å²) in [5.41, 5.74) is 2.70. The molecule has 0 aliphatic carbocycles. The molecule has 2 rings (SSSR count). The van der Waals surface area contributed by atoms with E-state index in [0.29, 0.717) is 22.0 Å². The van der Waals surface area contributed by atoms with E-state index in [4.69, 9.17) is 11.6 Å². The van der Waals surface area contributed by atoms with Crippen LogP contribution in [0.5, 0.6) is 0 Å². The zero-order valence-electron chi connectivity index (χ0n) is 11.7. The van der Waals surface area contributed by atoms with Gasteiger partial charge < -0.3 is 5.32 Å². The van der Waals surface area contributed by atoms with Crippen LogP contribution in [0.4, 0.5) is 5.69 Å². The summed E-state index contributed by atoms with van der Waals surface area (Å²) in [5.74, 6) is 0.114. The van der Waals surface area contributed by atoms with Crippen molar-refractivity contribution in [2.45, 2.75) is 12.7 Å². The number of carbonyl (C=O) groups is 1. The van der Waals surface area contributed by atoms with Crippen LogP contribution < -0.4 is 5.32 Å². The highest BCUT2D eigenvalue weighted by atomic mass is 35.5. The molecule has 4 nitrogen and oxygen atoms in total. The zero-order chi connectivity index (χ0) is 15.4. The second-order valence-electron chi connectivity index (χ2n) is 4.67. The fraction of sp³-hybridized carbons (Fsp3) is 0.200. The minimum atomic E-state index is -0.994. The normalized spacial score (nSPS) is 12.0. The Morgan fingerprint density at radius 2 is 2.10 bits per heavy atom. The number of benzene rings is 1. The summed E-state index contributed by atoms with van der Waals surface area (Å²) in [6.07, 6.45) is 3.14. The Kier molecular flexibility index (Phi) is 5.09. The van der Waals surface area contributed by atoms with Gasteiger partial charge in [-0.1, -0.05) is 11.6 Å². The third-order valence-electron chi connectivity index (χ3n) is 2.84. The first-order chi connectivity index (χ1) is 9.95. The predicted octanol–water partition coefficient (Wildman–Crippen LogP) is 3.17. The van der Waals surface area contributed by atoms with Gasteiger partial charge in [0.1, 0.15) is 0 Å². The van der Waals surface area contributed by atoms with Crippen LogP contribution in [0.2, 0.25) is 5.02 Å². The summed E-state index contributed by atoms with van der Waals surface area (Å²) in [5, 5.41) is 3.32. The summed E-state index contributed by atoms with van der Waals surface area (Å²) >= 11 is 6.05. The van der Waals surface area contributed by atoms with Gasteiger partial charge in [-0.05, 0) is 42.8 Å². The molecule has 2 aromatic rings. The fourth-order valence-corrected chi connectivity index (χ4v) is 2.73. The number of hydrogen-bond donors (Lipinski definition) is 1. The topological polar surface area (TPSA) is 59.1 Å². The van der Waals surface area contributed by atoms with Crippen molar-refractivity contribution >= 4 is 34.0 Å². The van der Waals surface area contributed by atoms with Crippen molar-refractivity contribution in [2.75, 3.05) is 11.6 Å². The number of halogens is 1. The minimum absolute atomic E-state index is 0.242. The Bertz CT molecular complexity index is 687. The van der Waals surface area contributed by atoms with Crippen molar-refractivity contribution in [1.82, 2.24) is 4.98 Å². The first-order valence-electron chi connectivity index (χ1n) is 6.28. The molecule has 0 saturated carbocycles. The van der Waals surface area contributed by atoms with Crippen LogP contribution in [-0.4, -0.2) is 21.4 Å². The molecule has 0 unspecified atom stereocenters. The van der Waals surface area contributed by atoms with E-state index in [1.807, 2.05) is 6.92 Å². The van der Waals surface area contributed by atoms with Crippen molar-refractivity contribution in [2.24, 2.45) is 0 Å². The summed E-state index contributed by atoms with van der Waals surface area (Å²) in [4.78, 5) is 16.2. The Morgan fingerprint density at radius 1 is 1.33 bits per heavy atom. The Hall–Kier alpha value is -1.72. The number of carbonyl (C=O) groups excluding carboxylic acids is 1. The van der Waals surface area contributed by atoms with Crippen molar-refractivity contribution in [3.63, 3.8) is 0 Å². The first-order valence-corrected chi connectivity index (χ1v) is 8.38. The van der Waals surface area contributed by atoms with Gasteiger partial charge in [0.05, 0.1) is 5.56 Å². The third kappa shape index (κ3) is 4.37. The van der Waals surface area contributed by atoms with Gasteiger partial charge >= 0.3 is 0 Å². The summed E-state index contributed by atoms with van der Waals surface area (Å²) in [7, 11) is -0.994. The molecule has 21 heavy (non-hydrogen) atoms. The maximum Gasteiger partial charge on any atom is 0.257 e. The Morgan fingerprint density at radius 3 is 2.71 bits per heavy atom. The van der Waals surface area contributed by atoms with E-state index in [9.17, 15) is 9.00 Å². The van der Waals surface area contributed by atoms with E-state index in [-0.39, 0.29) is 5.91 Å². The molecule has 0 fully saturated rings. The van der Waals surface area contributed by atoms with Crippen LogP contribution in [0.15, 0.2) is 36.5 Å². The van der Waals surface area contributed by atoms with Gasteiger partial charge in [-0.25, -0.2) is 0 Å². The molecule has 1 atom stereocenters. The number of rotatable bonds is 4. The summed E-state index contributed by atoms with van der Waals surface area (Å²) in [6.45, 7) is 1.86. The molecule has 0 radical (unpaired) electrons. The number of pyridine rings is 1. The van der Waals surface area contributed by atoms with Crippen LogP contribution in [0.3, 0.4) is 0 Å². The highest BCUT2D eigenvalue weighted by Crippen LogP contribution is 2.22. The fourth-order valence-electron chi connectivity index (χ4n) is 1.79. The molecule has 0 bridgehead atoms. The monoisotopic (exact) mass is 322 g/mol. The number of anilines is 1. The number of nitrogens with zero attached hydrogens (tertiary/aromatic N) is 1. The molecule has 1 aromatic heterocycles.